The molecule has 1 saturated heterocycles. The molecule has 0 spiro atoms. The number of aromatic nitrogens is 2. The van der Waals surface area contributed by atoms with Gasteiger partial charge in [-0.3, -0.25) is 9.59 Å². The summed E-state index contributed by atoms with van der Waals surface area (Å²) in [6.07, 6.45) is 0. The molecule has 10 heteroatoms. The number of carbonyl (C=O) groups is 3. The van der Waals surface area contributed by atoms with Crippen LogP contribution < -0.4 is 0 Å². The number of benzene rings is 1. The van der Waals surface area contributed by atoms with E-state index in [1.807, 2.05) is 30.3 Å². The predicted molar refractivity (Wildman–Crippen MR) is 121 cm³/mol. The number of piperazine rings is 1. The van der Waals surface area contributed by atoms with Crippen molar-refractivity contribution in [1.82, 2.24) is 19.8 Å². The highest BCUT2D eigenvalue weighted by molar-refractivity contribution is 6.53. The van der Waals surface area contributed by atoms with Gasteiger partial charge in [0.05, 0.1) is 12.3 Å². The van der Waals surface area contributed by atoms with Gasteiger partial charge in [-0.1, -0.05) is 53.5 Å². The molecule has 0 N–H and O–H groups in total. The van der Waals surface area contributed by atoms with Crippen LogP contribution in [0, 0.1) is 6.92 Å². The Hall–Kier alpha value is -2.71. The molecule has 170 valence electrons. The van der Waals surface area contributed by atoms with E-state index in [1.165, 1.54) is 0 Å². The summed E-state index contributed by atoms with van der Waals surface area (Å²) in [6, 6.07) is 8.90. The summed E-state index contributed by atoms with van der Waals surface area (Å²) in [4.78, 5) is 49.2. The number of aryl methyl sites for hydroxylation is 1. The Morgan fingerprint density at radius 2 is 1.84 bits per heavy atom. The highest BCUT2D eigenvalue weighted by Gasteiger charge is 2.35. The number of carbonyl (C=O) groups excluding carboxylic acids is 3. The van der Waals surface area contributed by atoms with Crippen molar-refractivity contribution >= 4 is 41.0 Å². The van der Waals surface area contributed by atoms with Crippen LogP contribution in [0.1, 0.15) is 40.4 Å². The van der Waals surface area contributed by atoms with E-state index in [1.54, 1.807) is 30.6 Å². The van der Waals surface area contributed by atoms with Gasteiger partial charge in [0, 0.05) is 31.2 Å². The lowest BCUT2D eigenvalue weighted by molar-refractivity contribution is -0.133. The van der Waals surface area contributed by atoms with Crippen LogP contribution in [-0.4, -0.2) is 74.7 Å². The molecule has 1 aromatic heterocycles. The second-order valence-corrected chi connectivity index (χ2v) is 8.47. The van der Waals surface area contributed by atoms with Crippen LogP contribution in [0.5, 0.6) is 0 Å². The van der Waals surface area contributed by atoms with Gasteiger partial charge in [-0.2, -0.15) is 0 Å². The second kappa shape index (κ2) is 10.3. The number of rotatable bonds is 5. The molecule has 1 aliphatic heterocycles. The number of nitrogens with zero attached hydrogens (tertiary/aromatic N) is 4. The van der Waals surface area contributed by atoms with E-state index in [0.29, 0.717) is 11.5 Å². The quantitative estimate of drug-likeness (QED) is 0.484. The van der Waals surface area contributed by atoms with E-state index in [4.69, 9.17) is 27.9 Å². The topological polar surface area (TPSA) is 92.7 Å². The van der Waals surface area contributed by atoms with Gasteiger partial charge in [-0.15, -0.1) is 0 Å². The SMILES string of the molecule is CCOC(=O)c1c(C)nc(-c2ccccc2)nc1C(=O)N1CCN(C(=O)C(Cl)Cl)C(C)C1. The molecule has 0 radical (unpaired) electrons. The largest absolute Gasteiger partial charge is 0.462 e. The average molecular weight is 479 g/mol. The fourth-order valence-corrected chi connectivity index (χ4v) is 3.89. The third-order valence-electron chi connectivity index (χ3n) is 5.19. The molecule has 0 saturated carbocycles. The third kappa shape index (κ3) is 5.02. The van der Waals surface area contributed by atoms with Crippen molar-refractivity contribution in [3.8, 4) is 11.4 Å². The van der Waals surface area contributed by atoms with Crippen molar-refractivity contribution in [2.24, 2.45) is 0 Å². The van der Waals surface area contributed by atoms with Gasteiger partial charge < -0.3 is 14.5 Å². The molecule has 1 atom stereocenters. The summed E-state index contributed by atoms with van der Waals surface area (Å²) >= 11 is 11.5. The summed E-state index contributed by atoms with van der Waals surface area (Å²) < 4.78 is 5.16. The third-order valence-corrected chi connectivity index (χ3v) is 5.56. The van der Waals surface area contributed by atoms with Crippen molar-refractivity contribution < 1.29 is 19.1 Å². The van der Waals surface area contributed by atoms with Gasteiger partial charge >= 0.3 is 5.97 Å². The summed E-state index contributed by atoms with van der Waals surface area (Å²) in [5.41, 5.74) is 1.10. The standard InChI is InChI=1S/C22H24Cl2N4O4/c1-4-32-22(31)16-14(3)25-19(15-8-6-5-7-9-15)26-17(16)20(29)27-10-11-28(13(2)12-27)21(30)18(23)24/h5-9,13,18H,4,10-12H2,1-3H3. The Balaban J connectivity index is 1.97. The number of halogens is 2. The molecule has 1 aromatic carbocycles. The van der Waals surface area contributed by atoms with Crippen LogP contribution in [0.4, 0.5) is 0 Å². The Bertz CT molecular complexity index is 1020. The summed E-state index contributed by atoms with van der Waals surface area (Å²) in [6.45, 7) is 6.07. The molecule has 2 heterocycles. The number of alkyl halides is 2. The van der Waals surface area contributed by atoms with Gasteiger partial charge in [-0.25, -0.2) is 14.8 Å². The smallest absolute Gasteiger partial charge is 0.342 e. The van der Waals surface area contributed by atoms with Gasteiger partial charge in [-0.05, 0) is 20.8 Å². The lowest BCUT2D eigenvalue weighted by atomic mass is 10.1. The Kier molecular flexibility index (Phi) is 7.69. The lowest BCUT2D eigenvalue weighted by Crippen LogP contribution is -2.56. The van der Waals surface area contributed by atoms with E-state index in [0.717, 1.165) is 5.56 Å². The van der Waals surface area contributed by atoms with Crippen molar-refractivity contribution in [2.75, 3.05) is 26.2 Å². The molecule has 1 unspecified atom stereocenters. The van der Waals surface area contributed by atoms with Gasteiger partial charge in [0.15, 0.2) is 10.7 Å². The van der Waals surface area contributed by atoms with E-state index < -0.39 is 22.6 Å². The first-order chi connectivity index (χ1) is 15.2. The fraction of sp³-hybridized carbons (Fsp3) is 0.409. The van der Waals surface area contributed by atoms with Crippen molar-refractivity contribution in [3.63, 3.8) is 0 Å². The molecule has 2 aromatic rings. The van der Waals surface area contributed by atoms with E-state index >= 15 is 0 Å². The first kappa shape index (κ1) is 23.9. The molecule has 2 amide bonds. The minimum Gasteiger partial charge on any atom is -0.462 e. The Morgan fingerprint density at radius 1 is 1.16 bits per heavy atom. The zero-order valence-electron chi connectivity index (χ0n) is 18.0. The van der Waals surface area contributed by atoms with Crippen LogP contribution in [0.25, 0.3) is 11.4 Å². The number of amides is 2. The maximum atomic E-state index is 13.5. The fourth-order valence-electron chi connectivity index (χ4n) is 3.64. The lowest BCUT2D eigenvalue weighted by Gasteiger charge is -2.40. The highest BCUT2D eigenvalue weighted by atomic mass is 35.5. The summed E-state index contributed by atoms with van der Waals surface area (Å²) in [5, 5.41) is 0. The van der Waals surface area contributed by atoms with E-state index in [9.17, 15) is 14.4 Å². The number of esters is 1. The molecular weight excluding hydrogens is 455 g/mol. The van der Waals surface area contributed by atoms with Crippen molar-refractivity contribution in [2.45, 2.75) is 31.6 Å². The molecule has 3 rings (SSSR count). The monoisotopic (exact) mass is 478 g/mol. The average Bonchev–Trinajstić information content (AvgIpc) is 2.78. The zero-order chi connectivity index (χ0) is 23.4. The molecule has 0 aliphatic carbocycles. The zero-order valence-corrected chi connectivity index (χ0v) is 19.6. The number of hydrogen-bond acceptors (Lipinski definition) is 6. The van der Waals surface area contributed by atoms with Gasteiger partial charge in [0.25, 0.3) is 11.8 Å². The highest BCUT2D eigenvalue weighted by Crippen LogP contribution is 2.23. The van der Waals surface area contributed by atoms with Gasteiger partial charge in [0.2, 0.25) is 0 Å². The maximum absolute atomic E-state index is 13.5. The molecule has 32 heavy (non-hydrogen) atoms. The second-order valence-electron chi connectivity index (χ2n) is 7.38. The normalized spacial score (nSPS) is 16.2. The molecule has 8 nitrogen and oxygen atoms in total. The molecule has 0 bridgehead atoms. The number of hydrogen-bond donors (Lipinski definition) is 0. The van der Waals surface area contributed by atoms with Crippen molar-refractivity contribution in [3.05, 3.63) is 47.3 Å². The summed E-state index contributed by atoms with van der Waals surface area (Å²) in [7, 11) is 0. The van der Waals surface area contributed by atoms with E-state index in [2.05, 4.69) is 9.97 Å². The maximum Gasteiger partial charge on any atom is 0.342 e. The minimum absolute atomic E-state index is 0.0191. The van der Waals surface area contributed by atoms with Crippen LogP contribution in [0.2, 0.25) is 0 Å². The van der Waals surface area contributed by atoms with Crippen LogP contribution in [0.15, 0.2) is 30.3 Å². The molecule has 1 fully saturated rings. The number of ether oxygens (including phenoxy) is 1. The first-order valence-corrected chi connectivity index (χ1v) is 11.1. The Labute approximate surface area is 196 Å². The van der Waals surface area contributed by atoms with Crippen LogP contribution >= 0.6 is 23.2 Å². The molecule has 1 aliphatic rings. The van der Waals surface area contributed by atoms with Crippen molar-refractivity contribution in [1.29, 1.82) is 0 Å². The van der Waals surface area contributed by atoms with Gasteiger partial charge in [0.1, 0.15) is 11.3 Å². The van der Waals surface area contributed by atoms with Crippen LogP contribution in [0.3, 0.4) is 0 Å². The van der Waals surface area contributed by atoms with E-state index in [-0.39, 0.29) is 43.5 Å². The molecular formula is C22H24Cl2N4O4. The Morgan fingerprint density at radius 3 is 2.44 bits per heavy atom. The first-order valence-electron chi connectivity index (χ1n) is 10.2. The summed E-state index contributed by atoms with van der Waals surface area (Å²) in [5.74, 6) is -1.14. The predicted octanol–water partition coefficient (Wildman–Crippen LogP) is 3.11. The minimum atomic E-state index is -1.16. The van der Waals surface area contributed by atoms with Crippen LogP contribution in [-0.2, 0) is 9.53 Å².